The Morgan fingerprint density at radius 2 is 2.40 bits per heavy atom. The van der Waals surface area contributed by atoms with Gasteiger partial charge in [0.2, 0.25) is 0 Å². The molecule has 0 saturated carbocycles. The van der Waals surface area contributed by atoms with E-state index in [1.807, 2.05) is 12.3 Å². The van der Waals surface area contributed by atoms with Gasteiger partial charge in [-0.1, -0.05) is 13.3 Å². The number of nitrogens with zero attached hydrogens (tertiary/aromatic N) is 3. The maximum Gasteiger partial charge on any atom is 0.159 e. The minimum Gasteiger partial charge on any atom is -0.237 e. The van der Waals surface area contributed by atoms with Gasteiger partial charge in [-0.25, -0.2) is 9.50 Å². The van der Waals surface area contributed by atoms with Crippen LogP contribution in [-0.2, 0) is 6.42 Å². The Morgan fingerprint density at radius 1 is 1.53 bits per heavy atom. The molecule has 0 aliphatic carbocycles. The maximum atomic E-state index is 5.43. The monoisotopic (exact) mass is 199 g/mol. The van der Waals surface area contributed by atoms with E-state index in [2.05, 4.69) is 22.9 Å². The first kappa shape index (κ1) is 9.72. The number of hydrogen-bond donors (Lipinski definition) is 0. The van der Waals surface area contributed by atoms with E-state index in [4.69, 9.17) is 6.42 Å². The number of rotatable bonds is 3. The summed E-state index contributed by atoms with van der Waals surface area (Å²) < 4.78 is 1.75. The fourth-order valence-electron chi connectivity index (χ4n) is 1.63. The standard InChI is InChI=1S/C12H13N3/c1-3-5-7-10-11(4-2)14-15-9-6-8-13-12(10)15/h2,6,8-9H,3,5,7H2,1H3. The van der Waals surface area contributed by atoms with Gasteiger partial charge >= 0.3 is 0 Å². The smallest absolute Gasteiger partial charge is 0.159 e. The molecule has 0 radical (unpaired) electrons. The summed E-state index contributed by atoms with van der Waals surface area (Å²) in [5.41, 5.74) is 2.71. The molecule has 0 amide bonds. The third kappa shape index (κ3) is 1.71. The van der Waals surface area contributed by atoms with Gasteiger partial charge < -0.3 is 0 Å². The summed E-state index contributed by atoms with van der Waals surface area (Å²) in [6.45, 7) is 2.16. The highest BCUT2D eigenvalue weighted by Gasteiger charge is 2.10. The van der Waals surface area contributed by atoms with Gasteiger partial charge in [0.15, 0.2) is 5.65 Å². The predicted octanol–water partition coefficient (Wildman–Crippen LogP) is 2.05. The Bertz CT molecular complexity index is 505. The quantitative estimate of drug-likeness (QED) is 0.708. The van der Waals surface area contributed by atoms with Gasteiger partial charge in [-0.05, 0) is 24.8 Å². The van der Waals surface area contributed by atoms with Crippen LogP contribution in [0.1, 0.15) is 31.0 Å². The van der Waals surface area contributed by atoms with E-state index in [0.29, 0.717) is 0 Å². The van der Waals surface area contributed by atoms with E-state index in [-0.39, 0.29) is 0 Å². The predicted molar refractivity (Wildman–Crippen MR) is 59.5 cm³/mol. The highest BCUT2D eigenvalue weighted by Crippen LogP contribution is 2.15. The van der Waals surface area contributed by atoms with Gasteiger partial charge in [-0.3, -0.25) is 0 Å². The minimum absolute atomic E-state index is 0.724. The first-order chi connectivity index (χ1) is 7.36. The van der Waals surface area contributed by atoms with E-state index in [9.17, 15) is 0 Å². The molecular weight excluding hydrogens is 186 g/mol. The van der Waals surface area contributed by atoms with E-state index >= 15 is 0 Å². The molecular formula is C12H13N3. The molecule has 2 aromatic rings. The number of fused-ring (bicyclic) bond motifs is 1. The Labute approximate surface area is 89.1 Å². The van der Waals surface area contributed by atoms with Crippen molar-refractivity contribution in [3.05, 3.63) is 29.7 Å². The van der Waals surface area contributed by atoms with Crippen LogP contribution in [0.5, 0.6) is 0 Å². The molecule has 0 spiro atoms. The summed E-state index contributed by atoms with van der Waals surface area (Å²) in [4.78, 5) is 4.31. The van der Waals surface area contributed by atoms with Gasteiger partial charge in [-0.2, -0.15) is 5.10 Å². The molecule has 3 heteroatoms. The van der Waals surface area contributed by atoms with Gasteiger partial charge in [0, 0.05) is 18.0 Å². The van der Waals surface area contributed by atoms with Crippen molar-refractivity contribution < 1.29 is 0 Å². The van der Waals surface area contributed by atoms with Crippen LogP contribution in [-0.4, -0.2) is 14.6 Å². The lowest BCUT2D eigenvalue weighted by atomic mass is 10.1. The lowest BCUT2D eigenvalue weighted by molar-refractivity contribution is 0.796. The van der Waals surface area contributed by atoms with Crippen molar-refractivity contribution in [3.63, 3.8) is 0 Å². The molecule has 0 saturated heterocycles. The average molecular weight is 199 g/mol. The molecule has 0 atom stereocenters. The Kier molecular flexibility index (Phi) is 2.68. The molecule has 2 aromatic heterocycles. The third-order valence-electron chi connectivity index (χ3n) is 2.41. The fraction of sp³-hybridized carbons (Fsp3) is 0.333. The maximum absolute atomic E-state index is 5.43. The molecule has 0 aliphatic heterocycles. The molecule has 76 valence electrons. The second-order valence-corrected chi connectivity index (χ2v) is 3.46. The molecule has 0 bridgehead atoms. The average Bonchev–Trinajstić information content (AvgIpc) is 2.64. The largest absolute Gasteiger partial charge is 0.237 e. The van der Waals surface area contributed by atoms with Crippen molar-refractivity contribution in [2.24, 2.45) is 0 Å². The molecule has 3 nitrogen and oxygen atoms in total. The molecule has 0 aromatic carbocycles. The molecule has 2 heterocycles. The van der Waals surface area contributed by atoms with E-state index in [1.54, 1.807) is 10.7 Å². The zero-order valence-corrected chi connectivity index (χ0v) is 8.77. The normalized spacial score (nSPS) is 10.4. The van der Waals surface area contributed by atoms with Crippen molar-refractivity contribution in [2.45, 2.75) is 26.2 Å². The van der Waals surface area contributed by atoms with Gasteiger partial charge in [-0.15, -0.1) is 6.42 Å². The van der Waals surface area contributed by atoms with E-state index in [0.717, 1.165) is 36.2 Å². The van der Waals surface area contributed by atoms with E-state index in [1.165, 1.54) is 0 Å². The van der Waals surface area contributed by atoms with Crippen LogP contribution < -0.4 is 0 Å². The van der Waals surface area contributed by atoms with Crippen molar-refractivity contribution in [1.29, 1.82) is 0 Å². The first-order valence-corrected chi connectivity index (χ1v) is 5.15. The summed E-state index contributed by atoms with van der Waals surface area (Å²) in [7, 11) is 0. The van der Waals surface area contributed by atoms with E-state index < -0.39 is 0 Å². The second-order valence-electron chi connectivity index (χ2n) is 3.46. The topological polar surface area (TPSA) is 30.2 Å². The van der Waals surface area contributed by atoms with Gasteiger partial charge in [0.1, 0.15) is 5.69 Å². The highest BCUT2D eigenvalue weighted by atomic mass is 15.2. The lowest BCUT2D eigenvalue weighted by Gasteiger charge is -1.96. The zero-order chi connectivity index (χ0) is 10.7. The van der Waals surface area contributed by atoms with Crippen LogP contribution in [0.3, 0.4) is 0 Å². The first-order valence-electron chi connectivity index (χ1n) is 5.15. The summed E-state index contributed by atoms with van der Waals surface area (Å²) in [5, 5.41) is 4.30. The summed E-state index contributed by atoms with van der Waals surface area (Å²) in [5.74, 6) is 2.62. The summed E-state index contributed by atoms with van der Waals surface area (Å²) >= 11 is 0. The fourth-order valence-corrected chi connectivity index (χ4v) is 1.63. The molecule has 0 N–H and O–H groups in total. The van der Waals surface area contributed by atoms with Crippen LogP contribution in [0.4, 0.5) is 0 Å². The van der Waals surface area contributed by atoms with Crippen LogP contribution >= 0.6 is 0 Å². The lowest BCUT2D eigenvalue weighted by Crippen LogP contribution is -1.90. The van der Waals surface area contributed by atoms with Gasteiger partial charge in [0.25, 0.3) is 0 Å². The Morgan fingerprint density at radius 3 is 3.13 bits per heavy atom. The second kappa shape index (κ2) is 4.14. The van der Waals surface area contributed by atoms with Crippen LogP contribution in [0.15, 0.2) is 18.5 Å². The number of hydrogen-bond acceptors (Lipinski definition) is 2. The van der Waals surface area contributed by atoms with Crippen LogP contribution in [0.2, 0.25) is 0 Å². The Hall–Kier alpha value is -1.82. The van der Waals surface area contributed by atoms with Crippen molar-refractivity contribution >= 4 is 5.65 Å². The number of unbranched alkanes of at least 4 members (excludes halogenated alkanes) is 1. The van der Waals surface area contributed by atoms with Crippen LogP contribution in [0, 0.1) is 12.3 Å². The van der Waals surface area contributed by atoms with Crippen LogP contribution in [0.25, 0.3) is 5.65 Å². The van der Waals surface area contributed by atoms with Crippen molar-refractivity contribution in [2.75, 3.05) is 0 Å². The third-order valence-corrected chi connectivity index (χ3v) is 2.41. The van der Waals surface area contributed by atoms with Crippen molar-refractivity contribution in [1.82, 2.24) is 14.6 Å². The number of terminal acetylenes is 1. The molecule has 0 fully saturated rings. The summed E-state index contributed by atoms with van der Waals surface area (Å²) in [6, 6.07) is 1.85. The molecule has 0 unspecified atom stereocenters. The number of aromatic nitrogens is 3. The highest BCUT2D eigenvalue weighted by molar-refractivity contribution is 5.54. The molecule has 15 heavy (non-hydrogen) atoms. The van der Waals surface area contributed by atoms with Gasteiger partial charge in [0.05, 0.1) is 0 Å². The summed E-state index contributed by atoms with van der Waals surface area (Å²) in [6.07, 6.45) is 12.3. The number of aryl methyl sites for hydroxylation is 1. The molecule has 2 rings (SSSR count). The Balaban J connectivity index is 2.53. The zero-order valence-electron chi connectivity index (χ0n) is 8.77. The molecule has 0 aliphatic rings. The minimum atomic E-state index is 0.724. The van der Waals surface area contributed by atoms with Crippen molar-refractivity contribution in [3.8, 4) is 12.3 Å². The SMILES string of the molecule is C#Cc1nn2cccnc2c1CCCC.